The van der Waals surface area contributed by atoms with E-state index in [2.05, 4.69) is 29.4 Å². The van der Waals surface area contributed by atoms with Crippen LogP contribution in [0.2, 0.25) is 0 Å². The van der Waals surface area contributed by atoms with Crippen LogP contribution in [0.5, 0.6) is 0 Å². The quantitative estimate of drug-likeness (QED) is 0.698. The molecule has 1 aliphatic rings. The molecule has 4 rings (SSSR count). The Morgan fingerprint density at radius 1 is 1.04 bits per heavy atom. The van der Waals surface area contributed by atoms with Crippen LogP contribution in [0.15, 0.2) is 49.2 Å². The minimum absolute atomic E-state index is 0.650. The van der Waals surface area contributed by atoms with Gasteiger partial charge in [0.15, 0.2) is 5.82 Å². The number of hydrogen-bond acceptors (Lipinski definition) is 5. The Kier molecular flexibility index (Phi) is 4.04. The van der Waals surface area contributed by atoms with E-state index in [1.54, 1.807) is 6.20 Å². The zero-order valence-electron chi connectivity index (χ0n) is 13.7. The summed E-state index contributed by atoms with van der Waals surface area (Å²) in [7, 11) is 2.04. The summed E-state index contributed by atoms with van der Waals surface area (Å²) in [5.74, 6) is 1.76. The van der Waals surface area contributed by atoms with Gasteiger partial charge in [0.2, 0.25) is 0 Å². The molecule has 0 bridgehead atoms. The zero-order valence-corrected chi connectivity index (χ0v) is 13.7. The maximum atomic E-state index is 4.48. The fourth-order valence-corrected chi connectivity index (χ4v) is 2.78. The molecule has 1 fully saturated rings. The molecule has 0 atom stereocenters. The molecule has 0 spiro atoms. The van der Waals surface area contributed by atoms with Gasteiger partial charge in [-0.2, -0.15) is 0 Å². The first-order valence-corrected chi connectivity index (χ1v) is 8.22. The van der Waals surface area contributed by atoms with Gasteiger partial charge in [0.25, 0.3) is 0 Å². The fourth-order valence-electron chi connectivity index (χ4n) is 2.78. The summed E-state index contributed by atoms with van der Waals surface area (Å²) < 4.78 is 2.08. The van der Waals surface area contributed by atoms with Crippen LogP contribution >= 0.6 is 0 Å². The molecule has 3 aromatic rings. The Hall–Kier alpha value is -2.60. The largest absolute Gasteiger partial charge is 0.337 e. The van der Waals surface area contributed by atoms with Crippen LogP contribution in [-0.4, -0.2) is 35.4 Å². The molecular weight excluding hydrogens is 300 g/mol. The lowest BCUT2D eigenvalue weighted by atomic mass is 10.2. The van der Waals surface area contributed by atoms with E-state index >= 15 is 0 Å². The summed E-state index contributed by atoms with van der Waals surface area (Å²) >= 11 is 0. The number of nitrogens with zero attached hydrogens (tertiary/aromatic N) is 6. The van der Waals surface area contributed by atoms with Crippen molar-refractivity contribution in [2.45, 2.75) is 32.0 Å². The predicted octanol–water partition coefficient (Wildman–Crippen LogP) is 2.44. The topological polar surface area (TPSA) is 59.7 Å². The summed E-state index contributed by atoms with van der Waals surface area (Å²) in [4.78, 5) is 20.1. The Morgan fingerprint density at radius 3 is 2.50 bits per heavy atom. The molecule has 6 nitrogen and oxygen atoms in total. The predicted molar refractivity (Wildman–Crippen MR) is 90.7 cm³/mol. The molecule has 122 valence electrons. The normalized spacial score (nSPS) is 14.2. The smallest absolute Gasteiger partial charge is 0.178 e. The van der Waals surface area contributed by atoms with Crippen LogP contribution in [0.1, 0.15) is 24.2 Å². The van der Waals surface area contributed by atoms with Gasteiger partial charge in [-0.3, -0.25) is 9.88 Å². The third-order valence-electron chi connectivity index (χ3n) is 4.31. The lowest BCUT2D eigenvalue weighted by Gasteiger charge is -2.21. The SMILES string of the molecule is Cn1ccnc1CN(Cc1cnc(-c2ccccn2)nc1)C1CC1. The van der Waals surface area contributed by atoms with E-state index in [9.17, 15) is 0 Å². The molecule has 3 aromatic heterocycles. The molecule has 0 radical (unpaired) electrons. The lowest BCUT2D eigenvalue weighted by Crippen LogP contribution is -2.26. The molecule has 6 heteroatoms. The summed E-state index contributed by atoms with van der Waals surface area (Å²) in [5.41, 5.74) is 1.92. The molecule has 1 saturated carbocycles. The van der Waals surface area contributed by atoms with Gasteiger partial charge in [-0.1, -0.05) is 6.07 Å². The minimum Gasteiger partial charge on any atom is -0.337 e. The van der Waals surface area contributed by atoms with Gasteiger partial charge < -0.3 is 4.57 Å². The summed E-state index contributed by atoms with van der Waals surface area (Å²) in [5, 5.41) is 0. The van der Waals surface area contributed by atoms with Gasteiger partial charge in [0, 0.05) is 56.2 Å². The number of aromatic nitrogens is 5. The third-order valence-corrected chi connectivity index (χ3v) is 4.31. The Balaban J connectivity index is 1.48. The van der Waals surface area contributed by atoms with Gasteiger partial charge in [-0.25, -0.2) is 15.0 Å². The summed E-state index contributed by atoms with van der Waals surface area (Å²) in [6.45, 7) is 1.70. The van der Waals surface area contributed by atoms with Gasteiger partial charge >= 0.3 is 0 Å². The van der Waals surface area contributed by atoms with E-state index in [1.807, 2.05) is 50.0 Å². The van der Waals surface area contributed by atoms with Gasteiger partial charge in [0.05, 0.1) is 6.54 Å². The second kappa shape index (κ2) is 6.49. The molecule has 0 amide bonds. The summed E-state index contributed by atoms with van der Waals surface area (Å²) in [6.07, 6.45) is 11.9. The van der Waals surface area contributed by atoms with Crippen LogP contribution in [0.3, 0.4) is 0 Å². The van der Waals surface area contributed by atoms with Crippen LogP contribution in [-0.2, 0) is 20.1 Å². The average Bonchev–Trinajstić information content (AvgIpc) is 3.40. The Labute approximate surface area is 141 Å². The molecule has 0 aliphatic heterocycles. The molecule has 3 heterocycles. The van der Waals surface area contributed by atoms with Gasteiger partial charge in [-0.05, 0) is 25.0 Å². The van der Waals surface area contributed by atoms with Crippen molar-refractivity contribution in [3.05, 3.63) is 60.6 Å². The van der Waals surface area contributed by atoms with Crippen molar-refractivity contribution in [1.82, 2.24) is 29.4 Å². The van der Waals surface area contributed by atoms with E-state index in [4.69, 9.17) is 0 Å². The van der Waals surface area contributed by atoms with E-state index in [1.165, 1.54) is 12.8 Å². The third kappa shape index (κ3) is 3.33. The first-order valence-electron chi connectivity index (χ1n) is 8.22. The van der Waals surface area contributed by atoms with E-state index in [-0.39, 0.29) is 0 Å². The molecule has 0 unspecified atom stereocenters. The molecule has 0 saturated heterocycles. The first-order chi connectivity index (χ1) is 11.8. The van der Waals surface area contributed by atoms with Crippen LogP contribution in [0, 0.1) is 0 Å². The minimum atomic E-state index is 0.650. The van der Waals surface area contributed by atoms with Crippen LogP contribution in [0.25, 0.3) is 11.5 Å². The number of imidazole rings is 1. The van der Waals surface area contributed by atoms with E-state index in [0.29, 0.717) is 11.9 Å². The number of aryl methyl sites for hydroxylation is 1. The average molecular weight is 320 g/mol. The van der Waals surface area contributed by atoms with Crippen molar-refractivity contribution in [1.29, 1.82) is 0 Å². The number of rotatable bonds is 6. The van der Waals surface area contributed by atoms with Gasteiger partial charge in [0.1, 0.15) is 11.5 Å². The second-order valence-corrected chi connectivity index (χ2v) is 6.22. The van der Waals surface area contributed by atoms with Crippen LogP contribution < -0.4 is 0 Å². The molecule has 1 aliphatic carbocycles. The lowest BCUT2D eigenvalue weighted by molar-refractivity contribution is 0.236. The molecule has 24 heavy (non-hydrogen) atoms. The van der Waals surface area contributed by atoms with E-state index in [0.717, 1.165) is 30.2 Å². The van der Waals surface area contributed by atoms with Crippen molar-refractivity contribution in [3.8, 4) is 11.5 Å². The van der Waals surface area contributed by atoms with Crippen LogP contribution in [0.4, 0.5) is 0 Å². The monoisotopic (exact) mass is 320 g/mol. The van der Waals surface area contributed by atoms with E-state index < -0.39 is 0 Å². The van der Waals surface area contributed by atoms with Crippen molar-refractivity contribution in [3.63, 3.8) is 0 Å². The summed E-state index contributed by atoms with van der Waals surface area (Å²) in [6, 6.07) is 6.41. The second-order valence-electron chi connectivity index (χ2n) is 6.22. The van der Waals surface area contributed by atoms with Gasteiger partial charge in [-0.15, -0.1) is 0 Å². The van der Waals surface area contributed by atoms with Crippen molar-refractivity contribution in [2.75, 3.05) is 0 Å². The van der Waals surface area contributed by atoms with Crippen molar-refractivity contribution >= 4 is 0 Å². The number of hydrogen-bond donors (Lipinski definition) is 0. The highest BCUT2D eigenvalue weighted by molar-refractivity contribution is 5.47. The Morgan fingerprint density at radius 2 is 1.88 bits per heavy atom. The first kappa shape index (κ1) is 15.0. The highest BCUT2D eigenvalue weighted by Gasteiger charge is 2.29. The van der Waals surface area contributed by atoms with Crippen molar-refractivity contribution < 1.29 is 0 Å². The molecule has 0 N–H and O–H groups in total. The highest BCUT2D eigenvalue weighted by Crippen LogP contribution is 2.29. The number of pyridine rings is 1. The van der Waals surface area contributed by atoms with Crippen molar-refractivity contribution in [2.24, 2.45) is 7.05 Å². The fraction of sp³-hybridized carbons (Fsp3) is 0.333. The molecule has 0 aromatic carbocycles. The molecular formula is C18H20N6. The Bertz CT molecular complexity index is 792. The highest BCUT2D eigenvalue weighted by atomic mass is 15.2. The zero-order chi connectivity index (χ0) is 16.4. The standard InChI is InChI=1S/C18H20N6/c1-23-9-8-20-17(23)13-24(15-5-6-15)12-14-10-21-18(22-11-14)16-4-2-3-7-19-16/h2-4,7-11,15H,5-6,12-13H2,1H3. The maximum absolute atomic E-state index is 4.48. The maximum Gasteiger partial charge on any atom is 0.178 e.